The van der Waals surface area contributed by atoms with Gasteiger partial charge in [-0.25, -0.2) is 0 Å². The first-order valence-corrected chi connectivity index (χ1v) is 8.88. The summed E-state index contributed by atoms with van der Waals surface area (Å²) >= 11 is 0. The van der Waals surface area contributed by atoms with Gasteiger partial charge in [-0.05, 0) is 62.5 Å². The lowest BCUT2D eigenvalue weighted by atomic mass is 9.88. The van der Waals surface area contributed by atoms with Crippen LogP contribution < -0.4 is 0 Å². The van der Waals surface area contributed by atoms with Gasteiger partial charge in [-0.2, -0.15) is 0 Å². The van der Waals surface area contributed by atoms with Crippen molar-refractivity contribution in [2.45, 2.75) is 25.7 Å². The van der Waals surface area contributed by atoms with Crippen molar-refractivity contribution in [3.63, 3.8) is 0 Å². The van der Waals surface area contributed by atoms with Gasteiger partial charge in [-0.3, -0.25) is 0 Å². The number of phenols is 1. The minimum atomic E-state index is 0.240. The van der Waals surface area contributed by atoms with E-state index in [1.165, 1.54) is 24.9 Å². The highest BCUT2D eigenvalue weighted by Crippen LogP contribution is 2.35. The van der Waals surface area contributed by atoms with Crippen LogP contribution in [0.3, 0.4) is 0 Å². The van der Waals surface area contributed by atoms with E-state index < -0.39 is 0 Å². The first-order chi connectivity index (χ1) is 12.1. The zero-order chi connectivity index (χ0) is 17.4. The number of aromatic nitrogens is 2. The molecular weight excluding hydrogens is 310 g/mol. The van der Waals surface area contributed by atoms with E-state index in [9.17, 15) is 5.11 Å². The monoisotopic (exact) mass is 333 g/mol. The lowest BCUT2D eigenvalue weighted by Crippen LogP contribution is -2.31. The molecule has 0 saturated carbocycles. The van der Waals surface area contributed by atoms with Gasteiger partial charge in [0.2, 0.25) is 0 Å². The summed E-state index contributed by atoms with van der Waals surface area (Å²) in [6.07, 6.45) is 2.42. The van der Waals surface area contributed by atoms with Gasteiger partial charge in [-0.15, -0.1) is 10.2 Å². The predicted octanol–water partition coefficient (Wildman–Crippen LogP) is 4.12. The van der Waals surface area contributed by atoms with Crippen molar-refractivity contribution in [1.29, 1.82) is 0 Å². The molecule has 0 bridgehead atoms. The molecule has 128 valence electrons. The molecule has 0 spiro atoms. The summed E-state index contributed by atoms with van der Waals surface area (Å²) in [5.74, 6) is 0.747. The highest BCUT2D eigenvalue weighted by Gasteiger charge is 2.22. The van der Waals surface area contributed by atoms with Crippen molar-refractivity contribution in [3.05, 3.63) is 53.6 Å². The van der Waals surface area contributed by atoms with Crippen LogP contribution in [0.4, 0.5) is 0 Å². The van der Waals surface area contributed by atoms with E-state index in [-0.39, 0.29) is 5.75 Å². The maximum Gasteiger partial charge on any atom is 0.125 e. The minimum absolute atomic E-state index is 0.240. The van der Waals surface area contributed by atoms with Gasteiger partial charge in [-0.1, -0.05) is 30.3 Å². The molecule has 3 aromatic rings. The fraction of sp³-hybridized carbons (Fsp3) is 0.333. The normalized spacial score (nSPS) is 18.6. The summed E-state index contributed by atoms with van der Waals surface area (Å²) in [5, 5.41) is 20.4. The summed E-state index contributed by atoms with van der Waals surface area (Å²) < 4.78 is 0. The second kappa shape index (κ2) is 6.45. The van der Waals surface area contributed by atoms with Crippen LogP contribution >= 0.6 is 0 Å². The molecule has 1 aliphatic rings. The molecule has 2 aromatic carbocycles. The van der Waals surface area contributed by atoms with Crippen LogP contribution in [0.15, 0.2) is 42.5 Å². The highest BCUT2D eigenvalue weighted by molar-refractivity contribution is 5.89. The molecule has 1 aromatic heterocycles. The average molecular weight is 333 g/mol. The van der Waals surface area contributed by atoms with Gasteiger partial charge in [0, 0.05) is 17.5 Å². The Hall–Kier alpha value is -2.46. The summed E-state index contributed by atoms with van der Waals surface area (Å²) in [6, 6.07) is 13.7. The Balaban J connectivity index is 1.85. The molecule has 0 aliphatic carbocycles. The second-order valence-electron chi connectivity index (χ2n) is 7.04. The van der Waals surface area contributed by atoms with Gasteiger partial charge in [0.1, 0.15) is 11.4 Å². The van der Waals surface area contributed by atoms with Crippen molar-refractivity contribution in [2.24, 2.45) is 0 Å². The Morgan fingerprint density at radius 1 is 1.08 bits per heavy atom. The van der Waals surface area contributed by atoms with Crippen LogP contribution in [0.25, 0.3) is 22.2 Å². The van der Waals surface area contributed by atoms with Crippen LogP contribution in [0, 0.1) is 6.92 Å². The molecular formula is C21H23N3O. The number of rotatable bonds is 2. The summed E-state index contributed by atoms with van der Waals surface area (Å²) in [7, 11) is 2.19. The number of hydrogen-bond acceptors (Lipinski definition) is 4. The van der Waals surface area contributed by atoms with Crippen molar-refractivity contribution in [3.8, 4) is 17.0 Å². The summed E-state index contributed by atoms with van der Waals surface area (Å²) in [4.78, 5) is 2.39. The van der Waals surface area contributed by atoms with Crippen molar-refractivity contribution >= 4 is 10.9 Å². The summed E-state index contributed by atoms with van der Waals surface area (Å²) in [6.45, 7) is 4.31. The molecule has 1 fully saturated rings. The number of para-hydroxylation sites is 1. The van der Waals surface area contributed by atoms with E-state index in [0.29, 0.717) is 5.92 Å². The predicted molar refractivity (Wildman–Crippen MR) is 101 cm³/mol. The van der Waals surface area contributed by atoms with E-state index in [4.69, 9.17) is 0 Å². The maximum absolute atomic E-state index is 10.2. The fourth-order valence-corrected chi connectivity index (χ4v) is 3.96. The number of likely N-dealkylation sites (N-methyl/N-ethyl adjacent to an activating group) is 1. The SMILES string of the molecule is Cc1c(-c2ccccc2O)nnc2c([C@H]3CCCN(C)C3)cccc12. The zero-order valence-corrected chi connectivity index (χ0v) is 14.7. The standard InChI is InChI=1S/C21H23N3O/c1-14-16-9-5-10-17(15-7-6-12-24(2)13-15)21(16)23-22-20(14)18-8-3-4-11-19(18)25/h3-5,8-11,15,25H,6-7,12-13H2,1-2H3/t15-/m0/s1. The van der Waals surface area contributed by atoms with E-state index in [2.05, 4.69) is 47.3 Å². The molecule has 4 nitrogen and oxygen atoms in total. The molecule has 0 amide bonds. The molecule has 0 radical (unpaired) electrons. The van der Waals surface area contributed by atoms with Crippen molar-refractivity contribution in [1.82, 2.24) is 15.1 Å². The van der Waals surface area contributed by atoms with Gasteiger partial charge in [0.05, 0.1) is 5.52 Å². The average Bonchev–Trinajstić information content (AvgIpc) is 2.63. The van der Waals surface area contributed by atoms with Crippen LogP contribution in [-0.2, 0) is 0 Å². The second-order valence-corrected chi connectivity index (χ2v) is 7.04. The molecule has 1 aliphatic heterocycles. The number of piperidine rings is 1. The Labute approximate surface area is 148 Å². The molecule has 1 saturated heterocycles. The summed E-state index contributed by atoms with van der Waals surface area (Å²) in [5.41, 5.74) is 4.85. The number of nitrogens with zero attached hydrogens (tertiary/aromatic N) is 3. The highest BCUT2D eigenvalue weighted by atomic mass is 16.3. The lowest BCUT2D eigenvalue weighted by Gasteiger charge is -2.30. The number of aryl methyl sites for hydroxylation is 1. The van der Waals surface area contributed by atoms with Crippen molar-refractivity contribution < 1.29 is 5.11 Å². The number of likely N-dealkylation sites (tertiary alicyclic amines) is 1. The van der Waals surface area contributed by atoms with Gasteiger partial charge in [0.15, 0.2) is 0 Å². The van der Waals surface area contributed by atoms with Gasteiger partial charge in [0.25, 0.3) is 0 Å². The smallest absolute Gasteiger partial charge is 0.125 e. The van der Waals surface area contributed by atoms with E-state index in [1.807, 2.05) is 18.2 Å². The van der Waals surface area contributed by atoms with Crippen LogP contribution in [-0.4, -0.2) is 40.3 Å². The number of phenolic OH excluding ortho intramolecular Hbond substituents is 1. The quantitative estimate of drug-likeness (QED) is 0.766. The Bertz CT molecular complexity index is 922. The molecule has 4 rings (SSSR count). The Kier molecular flexibility index (Phi) is 4.14. The molecule has 4 heteroatoms. The third-order valence-electron chi connectivity index (χ3n) is 5.30. The Morgan fingerprint density at radius 3 is 2.72 bits per heavy atom. The van der Waals surface area contributed by atoms with Crippen LogP contribution in [0.1, 0.15) is 29.9 Å². The van der Waals surface area contributed by atoms with Crippen LogP contribution in [0.5, 0.6) is 5.75 Å². The molecule has 1 N–H and O–H groups in total. The molecule has 0 unspecified atom stereocenters. The number of hydrogen-bond donors (Lipinski definition) is 1. The third-order valence-corrected chi connectivity index (χ3v) is 5.30. The zero-order valence-electron chi connectivity index (χ0n) is 14.7. The fourth-order valence-electron chi connectivity index (χ4n) is 3.96. The van der Waals surface area contributed by atoms with Crippen LogP contribution in [0.2, 0.25) is 0 Å². The van der Waals surface area contributed by atoms with Crippen molar-refractivity contribution in [2.75, 3.05) is 20.1 Å². The third kappa shape index (κ3) is 2.87. The Morgan fingerprint density at radius 2 is 1.92 bits per heavy atom. The molecule has 25 heavy (non-hydrogen) atoms. The largest absolute Gasteiger partial charge is 0.507 e. The van der Waals surface area contributed by atoms with E-state index in [0.717, 1.165) is 34.3 Å². The number of aromatic hydroxyl groups is 1. The van der Waals surface area contributed by atoms with Gasteiger partial charge >= 0.3 is 0 Å². The maximum atomic E-state index is 10.2. The molecule has 2 heterocycles. The first-order valence-electron chi connectivity index (χ1n) is 8.88. The minimum Gasteiger partial charge on any atom is -0.507 e. The molecule has 1 atom stereocenters. The lowest BCUT2D eigenvalue weighted by molar-refractivity contribution is 0.251. The topological polar surface area (TPSA) is 49.3 Å². The van der Waals surface area contributed by atoms with E-state index in [1.54, 1.807) is 6.07 Å². The number of fused-ring (bicyclic) bond motifs is 1. The van der Waals surface area contributed by atoms with Gasteiger partial charge < -0.3 is 10.0 Å². The first kappa shape index (κ1) is 16.0. The van der Waals surface area contributed by atoms with E-state index >= 15 is 0 Å². The number of benzene rings is 2.